The molecule has 0 amide bonds. The smallest absolute Gasteiger partial charge is 0.209 e. The second-order valence-electron chi connectivity index (χ2n) is 5.87. The number of hydrogen-bond acceptors (Lipinski definition) is 6. The van der Waals surface area contributed by atoms with Gasteiger partial charge in [0.05, 0.1) is 19.3 Å². The Bertz CT molecular complexity index is 980. The Hall–Kier alpha value is -3.13. The van der Waals surface area contributed by atoms with Crippen LogP contribution < -0.4 is 4.74 Å². The van der Waals surface area contributed by atoms with E-state index < -0.39 is 0 Å². The Kier molecular flexibility index (Phi) is 5.15. The average Bonchev–Trinajstić information content (AvgIpc) is 3.40. The number of hydrogen-bond donors (Lipinski definition) is 0. The molecule has 0 saturated carbocycles. The van der Waals surface area contributed by atoms with E-state index in [1.807, 2.05) is 45.9 Å². The van der Waals surface area contributed by atoms with E-state index in [0.717, 1.165) is 27.9 Å². The topological polar surface area (TPSA) is 70.7 Å². The molecule has 0 aliphatic heterocycles. The van der Waals surface area contributed by atoms with Crippen molar-refractivity contribution in [2.45, 2.75) is 17.5 Å². The summed E-state index contributed by atoms with van der Waals surface area (Å²) < 4.78 is 8.84. The summed E-state index contributed by atoms with van der Waals surface area (Å²) in [6.07, 6.45) is 3.70. The van der Waals surface area contributed by atoms with Crippen LogP contribution in [0.2, 0.25) is 0 Å². The number of rotatable bonds is 7. The largest absolute Gasteiger partial charge is 0.497 e. The van der Waals surface area contributed by atoms with Crippen molar-refractivity contribution in [3.63, 3.8) is 0 Å². The first-order chi connectivity index (χ1) is 13.3. The highest BCUT2D eigenvalue weighted by Crippen LogP contribution is 2.22. The van der Waals surface area contributed by atoms with Crippen molar-refractivity contribution >= 4 is 11.8 Å². The van der Waals surface area contributed by atoms with Gasteiger partial charge in [-0.15, -0.1) is 5.10 Å². The molecule has 8 heteroatoms. The molecule has 0 spiro atoms. The number of thioether (sulfide) groups is 1. The van der Waals surface area contributed by atoms with Gasteiger partial charge < -0.3 is 4.74 Å². The molecule has 27 heavy (non-hydrogen) atoms. The van der Waals surface area contributed by atoms with Gasteiger partial charge in [-0.3, -0.25) is 0 Å². The molecule has 2 aromatic carbocycles. The molecule has 0 atom stereocenters. The molecule has 4 rings (SSSR count). The van der Waals surface area contributed by atoms with Crippen LogP contribution in [0.4, 0.5) is 0 Å². The Morgan fingerprint density at radius 1 is 1.00 bits per heavy atom. The van der Waals surface area contributed by atoms with Gasteiger partial charge in [0.2, 0.25) is 5.16 Å². The number of tetrazole rings is 1. The summed E-state index contributed by atoms with van der Waals surface area (Å²) in [5.74, 6) is 1.63. The lowest BCUT2D eigenvalue weighted by Crippen LogP contribution is -2.04. The number of ether oxygens (including phenoxy) is 1. The van der Waals surface area contributed by atoms with Crippen molar-refractivity contribution in [1.82, 2.24) is 30.0 Å². The van der Waals surface area contributed by atoms with Gasteiger partial charge in [0.25, 0.3) is 0 Å². The third-order valence-electron chi connectivity index (χ3n) is 4.06. The van der Waals surface area contributed by atoms with Crippen LogP contribution in [0.1, 0.15) is 11.1 Å². The third-order valence-corrected chi connectivity index (χ3v) is 5.09. The van der Waals surface area contributed by atoms with Crippen molar-refractivity contribution in [2.75, 3.05) is 7.11 Å². The van der Waals surface area contributed by atoms with Crippen LogP contribution in [0.5, 0.6) is 5.75 Å². The van der Waals surface area contributed by atoms with Crippen LogP contribution in [-0.2, 0) is 12.3 Å². The first kappa shape index (κ1) is 17.3. The molecule has 0 fully saturated rings. The average molecular weight is 378 g/mol. The minimum absolute atomic E-state index is 0.623. The Morgan fingerprint density at radius 3 is 2.48 bits per heavy atom. The van der Waals surface area contributed by atoms with Gasteiger partial charge in [-0.2, -0.15) is 5.10 Å². The predicted octanol–water partition coefficient (Wildman–Crippen LogP) is 3.21. The van der Waals surface area contributed by atoms with Crippen molar-refractivity contribution in [1.29, 1.82) is 0 Å². The number of methoxy groups -OCH3 is 1. The lowest BCUT2D eigenvalue weighted by molar-refractivity contribution is 0.414. The summed E-state index contributed by atoms with van der Waals surface area (Å²) in [4.78, 5) is 0. The summed E-state index contributed by atoms with van der Waals surface area (Å²) in [5.41, 5.74) is 3.36. The molecule has 0 aliphatic carbocycles. The highest BCUT2D eigenvalue weighted by Gasteiger charge is 2.08. The normalized spacial score (nSPS) is 10.9. The fourth-order valence-corrected chi connectivity index (χ4v) is 3.45. The van der Waals surface area contributed by atoms with E-state index in [1.165, 1.54) is 5.56 Å². The van der Waals surface area contributed by atoms with Crippen LogP contribution >= 0.6 is 11.8 Å². The molecule has 136 valence electrons. The molecule has 0 saturated heterocycles. The van der Waals surface area contributed by atoms with E-state index in [2.05, 4.69) is 44.9 Å². The number of nitrogens with zero attached hydrogens (tertiary/aromatic N) is 6. The fourth-order valence-electron chi connectivity index (χ4n) is 2.62. The number of benzene rings is 2. The zero-order valence-electron chi connectivity index (χ0n) is 14.8. The second-order valence-corrected chi connectivity index (χ2v) is 6.82. The number of aromatic nitrogens is 6. The zero-order chi connectivity index (χ0) is 18.5. The highest BCUT2D eigenvalue weighted by atomic mass is 32.2. The Labute approximate surface area is 161 Å². The summed E-state index contributed by atoms with van der Waals surface area (Å²) in [6.45, 7) is 0.623. The van der Waals surface area contributed by atoms with Crippen molar-refractivity contribution in [2.24, 2.45) is 0 Å². The summed E-state index contributed by atoms with van der Waals surface area (Å²) >= 11 is 1.62. The van der Waals surface area contributed by atoms with Crippen LogP contribution in [0.3, 0.4) is 0 Å². The summed E-state index contributed by atoms with van der Waals surface area (Å²) in [7, 11) is 1.66. The molecule has 7 nitrogen and oxygen atoms in total. The molecule has 2 heterocycles. The Morgan fingerprint density at radius 2 is 1.78 bits per heavy atom. The molecule has 0 unspecified atom stereocenters. The lowest BCUT2D eigenvalue weighted by atomic mass is 10.2. The minimum atomic E-state index is 0.623. The highest BCUT2D eigenvalue weighted by molar-refractivity contribution is 7.98. The van der Waals surface area contributed by atoms with E-state index in [9.17, 15) is 0 Å². The lowest BCUT2D eigenvalue weighted by Gasteiger charge is -2.06. The van der Waals surface area contributed by atoms with E-state index in [1.54, 1.807) is 25.1 Å². The van der Waals surface area contributed by atoms with Gasteiger partial charge in [-0.25, -0.2) is 9.36 Å². The molecule has 2 aromatic heterocycles. The predicted molar refractivity (Wildman–Crippen MR) is 103 cm³/mol. The van der Waals surface area contributed by atoms with Crippen LogP contribution in [0.15, 0.2) is 72.1 Å². The second kappa shape index (κ2) is 8.05. The fraction of sp³-hybridized carbons (Fsp3) is 0.158. The summed E-state index contributed by atoms with van der Waals surface area (Å²) in [5, 5.41) is 17.1. The SMILES string of the molecule is COc1ccc(Cn2nnnc2SCc2ccc(-n3cccn3)cc2)cc1. The van der Waals surface area contributed by atoms with Crippen LogP contribution in [0.25, 0.3) is 5.69 Å². The Balaban J connectivity index is 1.39. The van der Waals surface area contributed by atoms with Crippen molar-refractivity contribution in [3.05, 3.63) is 78.1 Å². The van der Waals surface area contributed by atoms with Gasteiger partial charge in [0.1, 0.15) is 5.75 Å². The van der Waals surface area contributed by atoms with Gasteiger partial charge in [0.15, 0.2) is 0 Å². The van der Waals surface area contributed by atoms with Gasteiger partial charge >= 0.3 is 0 Å². The van der Waals surface area contributed by atoms with Crippen LogP contribution in [-0.4, -0.2) is 37.1 Å². The summed E-state index contributed by atoms with van der Waals surface area (Å²) in [6, 6.07) is 18.1. The quantitative estimate of drug-likeness (QED) is 0.460. The minimum Gasteiger partial charge on any atom is -0.497 e. The van der Waals surface area contributed by atoms with Crippen molar-refractivity contribution < 1.29 is 4.74 Å². The van der Waals surface area contributed by atoms with Gasteiger partial charge in [-0.05, 0) is 51.9 Å². The standard InChI is InChI=1S/C19H18N6OS/c1-26-18-9-5-15(6-10-18)13-25-19(21-22-23-25)27-14-16-3-7-17(8-4-16)24-12-2-11-20-24/h2-12H,13-14H2,1H3. The maximum Gasteiger partial charge on any atom is 0.209 e. The molecule has 0 bridgehead atoms. The maximum atomic E-state index is 5.19. The first-order valence-corrected chi connectivity index (χ1v) is 9.41. The van der Waals surface area contributed by atoms with E-state index in [4.69, 9.17) is 4.74 Å². The van der Waals surface area contributed by atoms with Gasteiger partial charge in [0, 0.05) is 18.1 Å². The van der Waals surface area contributed by atoms with E-state index in [-0.39, 0.29) is 0 Å². The molecule has 0 aliphatic rings. The first-order valence-electron chi connectivity index (χ1n) is 8.43. The molecule has 4 aromatic rings. The molecular weight excluding hydrogens is 360 g/mol. The third kappa shape index (κ3) is 4.17. The molecule has 0 radical (unpaired) electrons. The maximum absolute atomic E-state index is 5.19. The van der Waals surface area contributed by atoms with Gasteiger partial charge in [-0.1, -0.05) is 36.0 Å². The van der Waals surface area contributed by atoms with E-state index in [0.29, 0.717) is 6.54 Å². The monoisotopic (exact) mass is 378 g/mol. The molecule has 0 N–H and O–H groups in total. The van der Waals surface area contributed by atoms with Crippen LogP contribution in [0, 0.1) is 0 Å². The van der Waals surface area contributed by atoms with E-state index >= 15 is 0 Å². The zero-order valence-corrected chi connectivity index (χ0v) is 15.6. The molecular formula is C19H18N6OS. The van der Waals surface area contributed by atoms with Crippen molar-refractivity contribution in [3.8, 4) is 11.4 Å².